The van der Waals surface area contributed by atoms with Gasteiger partial charge in [0.1, 0.15) is 5.69 Å². The second-order valence-electron chi connectivity index (χ2n) is 5.94. The van der Waals surface area contributed by atoms with Crippen LogP contribution in [-0.2, 0) is 6.54 Å². The van der Waals surface area contributed by atoms with E-state index < -0.39 is 6.43 Å². The van der Waals surface area contributed by atoms with Gasteiger partial charge in [-0.05, 0) is 37.6 Å². The normalized spacial score (nSPS) is 12.5. The highest BCUT2D eigenvalue weighted by molar-refractivity contribution is 5.32. The van der Waals surface area contributed by atoms with Crippen molar-refractivity contribution in [3.8, 4) is 5.69 Å². The minimum absolute atomic E-state index is 0.00121. The van der Waals surface area contributed by atoms with E-state index in [0.717, 1.165) is 22.5 Å². The number of nitrogens with one attached hydrogen (secondary N) is 1. The molecule has 130 valence electrons. The summed E-state index contributed by atoms with van der Waals surface area (Å²) in [5.41, 5.74) is 3.73. The minimum Gasteiger partial charge on any atom is -0.306 e. The van der Waals surface area contributed by atoms with Gasteiger partial charge in [-0.2, -0.15) is 5.10 Å². The van der Waals surface area contributed by atoms with E-state index in [2.05, 4.69) is 15.4 Å². The first kappa shape index (κ1) is 17.2. The summed E-state index contributed by atoms with van der Waals surface area (Å²) in [6.07, 6.45) is 0.964. The molecule has 0 spiro atoms. The summed E-state index contributed by atoms with van der Waals surface area (Å²) in [5.74, 6) is 0. The van der Waals surface area contributed by atoms with Gasteiger partial charge in [-0.1, -0.05) is 24.3 Å². The van der Waals surface area contributed by atoms with Gasteiger partial charge in [0.25, 0.3) is 6.43 Å². The van der Waals surface area contributed by atoms with Gasteiger partial charge in [-0.15, -0.1) is 0 Å². The third-order valence-electron chi connectivity index (χ3n) is 4.15. The van der Waals surface area contributed by atoms with E-state index in [1.165, 1.54) is 12.3 Å². The Morgan fingerprint density at radius 3 is 2.52 bits per heavy atom. The van der Waals surface area contributed by atoms with Crippen molar-refractivity contribution in [2.45, 2.75) is 32.9 Å². The molecule has 0 saturated heterocycles. The van der Waals surface area contributed by atoms with E-state index >= 15 is 0 Å². The Hall–Kier alpha value is -2.60. The molecule has 4 nitrogen and oxygen atoms in total. The van der Waals surface area contributed by atoms with Crippen molar-refractivity contribution in [3.63, 3.8) is 0 Å². The molecule has 1 N–H and O–H groups in total. The maximum absolute atomic E-state index is 12.6. The summed E-state index contributed by atoms with van der Waals surface area (Å²) in [5, 5.41) is 7.93. The topological polar surface area (TPSA) is 42.7 Å². The fourth-order valence-corrected chi connectivity index (χ4v) is 2.57. The molecule has 0 aliphatic heterocycles. The van der Waals surface area contributed by atoms with Gasteiger partial charge in [0, 0.05) is 30.5 Å². The first-order chi connectivity index (χ1) is 12.0. The van der Waals surface area contributed by atoms with E-state index in [9.17, 15) is 8.78 Å². The number of benzene rings is 1. The molecule has 1 unspecified atom stereocenters. The van der Waals surface area contributed by atoms with Gasteiger partial charge in [-0.25, -0.2) is 13.5 Å². The lowest BCUT2D eigenvalue weighted by Crippen LogP contribution is -2.18. The number of hydrogen-bond acceptors (Lipinski definition) is 3. The SMILES string of the molecule is Cc1nn(-c2ccccc2)cc1CNC(C)c1ccc(C(F)F)nc1. The van der Waals surface area contributed by atoms with Crippen LogP contribution in [0.1, 0.15) is 41.9 Å². The quantitative estimate of drug-likeness (QED) is 0.723. The number of rotatable bonds is 6. The molecule has 0 saturated carbocycles. The summed E-state index contributed by atoms with van der Waals surface area (Å²) in [6, 6.07) is 13.0. The second-order valence-corrected chi connectivity index (χ2v) is 5.94. The van der Waals surface area contributed by atoms with Crippen LogP contribution in [0.3, 0.4) is 0 Å². The van der Waals surface area contributed by atoms with Crippen molar-refractivity contribution >= 4 is 0 Å². The van der Waals surface area contributed by atoms with Crippen molar-refractivity contribution in [2.24, 2.45) is 0 Å². The van der Waals surface area contributed by atoms with E-state index in [1.54, 1.807) is 6.07 Å². The van der Waals surface area contributed by atoms with Crippen LogP contribution < -0.4 is 5.32 Å². The lowest BCUT2D eigenvalue weighted by Gasteiger charge is -2.14. The van der Waals surface area contributed by atoms with Gasteiger partial charge in [0.05, 0.1) is 11.4 Å². The van der Waals surface area contributed by atoms with Crippen molar-refractivity contribution in [3.05, 3.63) is 77.4 Å². The van der Waals surface area contributed by atoms with Crippen LogP contribution in [0.4, 0.5) is 8.78 Å². The molecule has 0 fully saturated rings. The largest absolute Gasteiger partial charge is 0.306 e. The highest BCUT2D eigenvalue weighted by Crippen LogP contribution is 2.19. The first-order valence-electron chi connectivity index (χ1n) is 8.12. The fourth-order valence-electron chi connectivity index (χ4n) is 2.57. The molecule has 0 radical (unpaired) electrons. The van der Waals surface area contributed by atoms with E-state index in [1.807, 2.05) is 55.1 Å². The smallest absolute Gasteiger partial charge is 0.280 e. The van der Waals surface area contributed by atoms with Gasteiger partial charge in [-0.3, -0.25) is 4.98 Å². The molecule has 1 aromatic carbocycles. The number of halogens is 2. The van der Waals surface area contributed by atoms with Crippen molar-refractivity contribution in [1.29, 1.82) is 0 Å². The molecular formula is C19H20F2N4. The number of aryl methyl sites for hydroxylation is 1. The molecule has 3 aromatic rings. The zero-order valence-corrected chi connectivity index (χ0v) is 14.2. The predicted molar refractivity (Wildman–Crippen MR) is 92.7 cm³/mol. The van der Waals surface area contributed by atoms with Crippen LogP contribution in [0.2, 0.25) is 0 Å². The zero-order chi connectivity index (χ0) is 17.8. The van der Waals surface area contributed by atoms with Gasteiger partial charge < -0.3 is 5.32 Å². The Morgan fingerprint density at radius 2 is 1.88 bits per heavy atom. The number of para-hydroxylation sites is 1. The van der Waals surface area contributed by atoms with Crippen LogP contribution in [0.5, 0.6) is 0 Å². The molecule has 0 bridgehead atoms. The highest BCUT2D eigenvalue weighted by Gasteiger charge is 2.12. The Labute approximate surface area is 145 Å². The van der Waals surface area contributed by atoms with Crippen molar-refractivity contribution in [1.82, 2.24) is 20.1 Å². The molecule has 6 heteroatoms. The van der Waals surface area contributed by atoms with E-state index in [-0.39, 0.29) is 11.7 Å². The molecule has 2 aromatic heterocycles. The van der Waals surface area contributed by atoms with Crippen LogP contribution in [0, 0.1) is 6.92 Å². The molecule has 0 aliphatic rings. The molecule has 0 amide bonds. The predicted octanol–water partition coefficient (Wildman–Crippen LogP) is 4.36. The first-order valence-corrected chi connectivity index (χ1v) is 8.12. The van der Waals surface area contributed by atoms with Crippen LogP contribution in [-0.4, -0.2) is 14.8 Å². The Bertz CT molecular complexity index is 813. The minimum atomic E-state index is -2.54. The van der Waals surface area contributed by atoms with E-state index in [4.69, 9.17) is 0 Å². The van der Waals surface area contributed by atoms with Crippen molar-refractivity contribution < 1.29 is 8.78 Å². The number of hydrogen-bond donors (Lipinski definition) is 1. The Morgan fingerprint density at radius 1 is 1.12 bits per heavy atom. The van der Waals surface area contributed by atoms with Crippen LogP contribution in [0.15, 0.2) is 54.9 Å². The molecule has 1 atom stereocenters. The highest BCUT2D eigenvalue weighted by atomic mass is 19.3. The third-order valence-corrected chi connectivity index (χ3v) is 4.15. The summed E-state index contributed by atoms with van der Waals surface area (Å²) in [4.78, 5) is 3.81. The fraction of sp³-hybridized carbons (Fsp3) is 0.263. The van der Waals surface area contributed by atoms with Gasteiger partial charge >= 0.3 is 0 Å². The maximum atomic E-state index is 12.6. The van der Waals surface area contributed by atoms with E-state index in [0.29, 0.717) is 6.54 Å². The number of aromatic nitrogens is 3. The molecular weight excluding hydrogens is 322 g/mol. The van der Waals surface area contributed by atoms with Gasteiger partial charge in [0.15, 0.2) is 0 Å². The number of alkyl halides is 2. The second kappa shape index (κ2) is 7.53. The number of pyridine rings is 1. The standard InChI is InChI=1S/C19H20F2N4/c1-13(15-8-9-18(19(20)21)23-10-15)22-11-16-12-25(24-14(16)2)17-6-4-3-5-7-17/h3-10,12-13,19,22H,11H2,1-2H3. The van der Waals surface area contributed by atoms with Crippen molar-refractivity contribution in [2.75, 3.05) is 0 Å². The zero-order valence-electron chi connectivity index (χ0n) is 14.2. The lowest BCUT2D eigenvalue weighted by molar-refractivity contribution is 0.146. The maximum Gasteiger partial charge on any atom is 0.280 e. The summed E-state index contributed by atoms with van der Waals surface area (Å²) >= 11 is 0. The summed E-state index contributed by atoms with van der Waals surface area (Å²) < 4.78 is 27.0. The van der Waals surface area contributed by atoms with Gasteiger partial charge in [0.2, 0.25) is 0 Å². The molecule has 3 rings (SSSR count). The third kappa shape index (κ3) is 4.09. The summed E-state index contributed by atoms with van der Waals surface area (Å²) in [7, 11) is 0. The summed E-state index contributed by atoms with van der Waals surface area (Å²) in [6.45, 7) is 4.59. The average molecular weight is 342 g/mol. The average Bonchev–Trinajstić information content (AvgIpc) is 3.01. The Balaban J connectivity index is 1.66. The molecule has 0 aliphatic carbocycles. The Kier molecular flexibility index (Phi) is 5.19. The number of nitrogens with zero attached hydrogens (tertiary/aromatic N) is 3. The van der Waals surface area contributed by atoms with Crippen LogP contribution in [0.25, 0.3) is 5.69 Å². The monoisotopic (exact) mass is 342 g/mol. The van der Waals surface area contributed by atoms with Crippen LogP contribution >= 0.6 is 0 Å². The lowest BCUT2D eigenvalue weighted by atomic mass is 10.1. The molecule has 25 heavy (non-hydrogen) atoms. The molecule has 2 heterocycles.